The van der Waals surface area contributed by atoms with E-state index in [2.05, 4.69) is 24.1 Å². The lowest BCUT2D eigenvalue weighted by Crippen LogP contribution is -2.25. The molecule has 4 heteroatoms. The van der Waals surface area contributed by atoms with Crippen LogP contribution in [0.2, 0.25) is 0 Å². The highest BCUT2D eigenvalue weighted by Crippen LogP contribution is 2.29. The van der Waals surface area contributed by atoms with Crippen LogP contribution in [0.3, 0.4) is 0 Å². The number of aryl methyl sites for hydroxylation is 1. The molecular formula is C17H29FN2O. The number of nitrogens with zero attached hydrogens (tertiary/aromatic N) is 1. The molecule has 21 heavy (non-hydrogen) atoms. The van der Waals surface area contributed by atoms with Crippen molar-refractivity contribution in [1.29, 1.82) is 0 Å². The Kier molecular flexibility index (Phi) is 7.68. The molecule has 1 aromatic rings. The van der Waals surface area contributed by atoms with Crippen LogP contribution < -0.4 is 10.2 Å². The number of unbranched alkanes of at least 4 members (excludes halogenated alkanes) is 2. The maximum Gasteiger partial charge on any atom is 0.126 e. The van der Waals surface area contributed by atoms with Gasteiger partial charge in [0.25, 0.3) is 0 Å². The quantitative estimate of drug-likeness (QED) is 0.686. The number of benzene rings is 1. The first-order valence-corrected chi connectivity index (χ1v) is 7.86. The Hall–Kier alpha value is -1.13. The van der Waals surface area contributed by atoms with Crippen molar-refractivity contribution in [2.75, 3.05) is 31.6 Å². The molecule has 2 N–H and O–H groups in total. The minimum Gasteiger partial charge on any atom is -0.396 e. The average Bonchev–Trinajstić information content (AvgIpc) is 2.46. The predicted octanol–water partition coefficient (Wildman–Crippen LogP) is 3.40. The van der Waals surface area contributed by atoms with Crippen molar-refractivity contribution in [2.24, 2.45) is 0 Å². The van der Waals surface area contributed by atoms with Crippen molar-refractivity contribution in [3.05, 3.63) is 29.1 Å². The van der Waals surface area contributed by atoms with E-state index in [0.717, 1.165) is 43.6 Å². The lowest BCUT2D eigenvalue weighted by molar-refractivity contribution is 0.283. The van der Waals surface area contributed by atoms with E-state index in [1.807, 2.05) is 13.1 Å². The summed E-state index contributed by atoms with van der Waals surface area (Å²) in [7, 11) is 2.05. The average molecular weight is 296 g/mol. The topological polar surface area (TPSA) is 35.5 Å². The smallest absolute Gasteiger partial charge is 0.126 e. The lowest BCUT2D eigenvalue weighted by Gasteiger charge is -2.26. The molecule has 0 amide bonds. The van der Waals surface area contributed by atoms with E-state index in [-0.39, 0.29) is 18.5 Å². The van der Waals surface area contributed by atoms with Crippen LogP contribution in [0, 0.1) is 12.7 Å². The molecule has 120 valence electrons. The van der Waals surface area contributed by atoms with Crippen LogP contribution in [0.15, 0.2) is 12.1 Å². The highest BCUT2D eigenvalue weighted by molar-refractivity contribution is 5.56. The van der Waals surface area contributed by atoms with Gasteiger partial charge in [0.1, 0.15) is 5.82 Å². The fourth-order valence-corrected chi connectivity index (χ4v) is 2.53. The van der Waals surface area contributed by atoms with E-state index >= 15 is 0 Å². The molecule has 3 nitrogen and oxygen atoms in total. The van der Waals surface area contributed by atoms with Crippen molar-refractivity contribution >= 4 is 5.69 Å². The second kappa shape index (κ2) is 9.00. The van der Waals surface area contributed by atoms with Crippen molar-refractivity contribution in [2.45, 2.75) is 46.1 Å². The third-order valence-electron chi connectivity index (χ3n) is 3.85. The monoisotopic (exact) mass is 296 g/mol. The SMILES string of the molecule is CCNC(C)c1cc(F)c(C)cc1N(C)CCCCCO. The molecule has 0 fully saturated rings. The van der Waals surface area contributed by atoms with Gasteiger partial charge in [0, 0.05) is 31.9 Å². The Balaban J connectivity index is 2.89. The van der Waals surface area contributed by atoms with Crippen molar-refractivity contribution in [1.82, 2.24) is 5.32 Å². The third-order valence-corrected chi connectivity index (χ3v) is 3.85. The highest BCUT2D eigenvalue weighted by Gasteiger charge is 2.15. The van der Waals surface area contributed by atoms with Gasteiger partial charge in [-0.15, -0.1) is 0 Å². The summed E-state index contributed by atoms with van der Waals surface area (Å²) in [5.41, 5.74) is 2.77. The van der Waals surface area contributed by atoms with Crippen LogP contribution in [0.5, 0.6) is 0 Å². The van der Waals surface area contributed by atoms with E-state index in [1.54, 1.807) is 13.0 Å². The maximum absolute atomic E-state index is 13.9. The molecule has 0 radical (unpaired) electrons. The number of aliphatic hydroxyl groups is 1. The van der Waals surface area contributed by atoms with Gasteiger partial charge in [-0.2, -0.15) is 0 Å². The molecule has 1 aromatic carbocycles. The van der Waals surface area contributed by atoms with Crippen LogP contribution in [-0.2, 0) is 0 Å². The minimum absolute atomic E-state index is 0.125. The summed E-state index contributed by atoms with van der Waals surface area (Å²) in [6.45, 7) is 7.95. The zero-order valence-corrected chi connectivity index (χ0v) is 13.7. The van der Waals surface area contributed by atoms with E-state index in [9.17, 15) is 4.39 Å². The Bertz CT molecular complexity index is 437. The van der Waals surface area contributed by atoms with Gasteiger partial charge in [-0.25, -0.2) is 4.39 Å². The van der Waals surface area contributed by atoms with Crippen LogP contribution in [0.4, 0.5) is 10.1 Å². The van der Waals surface area contributed by atoms with Gasteiger partial charge in [-0.1, -0.05) is 6.92 Å². The van der Waals surface area contributed by atoms with Gasteiger partial charge in [-0.3, -0.25) is 0 Å². The Labute approximate surface area is 128 Å². The van der Waals surface area contributed by atoms with Gasteiger partial charge >= 0.3 is 0 Å². The summed E-state index contributed by atoms with van der Waals surface area (Å²) in [5.74, 6) is -0.146. The molecule has 0 saturated heterocycles. The van der Waals surface area contributed by atoms with Crippen molar-refractivity contribution < 1.29 is 9.50 Å². The van der Waals surface area contributed by atoms with Crippen molar-refractivity contribution in [3.8, 4) is 0 Å². The van der Waals surface area contributed by atoms with Crippen LogP contribution in [0.1, 0.15) is 50.3 Å². The molecule has 0 bridgehead atoms. The largest absolute Gasteiger partial charge is 0.396 e. The van der Waals surface area contributed by atoms with E-state index in [4.69, 9.17) is 5.11 Å². The van der Waals surface area contributed by atoms with Gasteiger partial charge in [0.2, 0.25) is 0 Å². The van der Waals surface area contributed by atoms with E-state index in [1.165, 1.54) is 0 Å². The summed E-state index contributed by atoms with van der Waals surface area (Å²) in [5, 5.41) is 12.2. The minimum atomic E-state index is -0.146. The van der Waals surface area contributed by atoms with Gasteiger partial charge in [-0.05, 0) is 62.9 Å². The summed E-state index contributed by atoms with van der Waals surface area (Å²) in [6, 6.07) is 3.72. The molecule has 1 unspecified atom stereocenters. The zero-order chi connectivity index (χ0) is 15.8. The molecule has 0 aliphatic carbocycles. The Morgan fingerprint density at radius 3 is 2.62 bits per heavy atom. The first-order valence-electron chi connectivity index (χ1n) is 7.86. The Morgan fingerprint density at radius 2 is 2.00 bits per heavy atom. The summed E-state index contributed by atoms with van der Waals surface area (Å²) < 4.78 is 13.9. The second-order valence-electron chi connectivity index (χ2n) is 5.65. The number of hydrogen-bond donors (Lipinski definition) is 2. The Morgan fingerprint density at radius 1 is 1.29 bits per heavy atom. The van der Waals surface area contributed by atoms with Gasteiger partial charge in [0.15, 0.2) is 0 Å². The molecule has 0 aliphatic rings. The molecule has 0 heterocycles. The second-order valence-corrected chi connectivity index (χ2v) is 5.65. The van der Waals surface area contributed by atoms with Crippen LogP contribution in [0.25, 0.3) is 0 Å². The fraction of sp³-hybridized carbons (Fsp3) is 0.647. The summed E-state index contributed by atoms with van der Waals surface area (Å²) in [6.07, 6.45) is 2.89. The van der Waals surface area contributed by atoms with Crippen LogP contribution in [-0.4, -0.2) is 31.9 Å². The molecule has 1 rings (SSSR count). The molecule has 0 saturated carbocycles. The van der Waals surface area contributed by atoms with E-state index < -0.39 is 0 Å². The van der Waals surface area contributed by atoms with Gasteiger partial charge in [0.05, 0.1) is 0 Å². The number of anilines is 1. The number of aliphatic hydroxyl groups excluding tert-OH is 1. The normalized spacial score (nSPS) is 12.5. The van der Waals surface area contributed by atoms with Crippen molar-refractivity contribution in [3.63, 3.8) is 0 Å². The number of nitrogens with one attached hydrogen (secondary N) is 1. The number of hydrogen-bond acceptors (Lipinski definition) is 3. The molecule has 1 atom stereocenters. The molecular weight excluding hydrogens is 267 g/mol. The fourth-order valence-electron chi connectivity index (χ4n) is 2.53. The first kappa shape index (κ1) is 17.9. The number of halogens is 1. The number of rotatable bonds is 9. The predicted molar refractivity (Wildman–Crippen MR) is 87.4 cm³/mol. The highest BCUT2D eigenvalue weighted by atomic mass is 19.1. The zero-order valence-electron chi connectivity index (χ0n) is 13.7. The van der Waals surface area contributed by atoms with Crippen LogP contribution >= 0.6 is 0 Å². The summed E-state index contributed by atoms with van der Waals surface area (Å²) >= 11 is 0. The lowest BCUT2D eigenvalue weighted by atomic mass is 10.0. The standard InChI is InChI=1S/C17H29FN2O/c1-5-19-14(3)15-12-16(18)13(2)11-17(15)20(4)9-7-6-8-10-21/h11-12,14,19,21H,5-10H2,1-4H3. The maximum atomic E-state index is 13.9. The first-order chi connectivity index (χ1) is 10.0. The van der Waals surface area contributed by atoms with E-state index in [0.29, 0.717) is 5.56 Å². The summed E-state index contributed by atoms with van der Waals surface area (Å²) in [4.78, 5) is 2.19. The molecule has 0 aromatic heterocycles. The molecule has 0 spiro atoms. The van der Waals surface area contributed by atoms with Gasteiger partial charge < -0.3 is 15.3 Å². The third kappa shape index (κ3) is 5.29. The molecule has 0 aliphatic heterocycles.